The van der Waals surface area contributed by atoms with Crippen molar-refractivity contribution < 1.29 is 18.8 Å². The van der Waals surface area contributed by atoms with Gasteiger partial charge in [-0.1, -0.05) is 17.3 Å². The van der Waals surface area contributed by atoms with Gasteiger partial charge in [0.1, 0.15) is 18.1 Å². The maximum atomic E-state index is 12.5. The van der Waals surface area contributed by atoms with Gasteiger partial charge >= 0.3 is 6.03 Å². The van der Waals surface area contributed by atoms with E-state index in [-0.39, 0.29) is 18.5 Å². The summed E-state index contributed by atoms with van der Waals surface area (Å²) in [4.78, 5) is 27.7. The van der Waals surface area contributed by atoms with E-state index in [1.165, 1.54) is 4.90 Å². The van der Waals surface area contributed by atoms with Crippen LogP contribution >= 0.6 is 0 Å². The zero-order valence-electron chi connectivity index (χ0n) is 13.5. The number of methoxy groups -OCH3 is 1. The Hall–Kier alpha value is -3.03. The van der Waals surface area contributed by atoms with Gasteiger partial charge in [0.05, 0.1) is 12.8 Å². The topological polar surface area (TPSA) is 87.9 Å². The van der Waals surface area contributed by atoms with Crippen LogP contribution in [0.5, 0.6) is 5.75 Å². The van der Waals surface area contributed by atoms with Crippen LogP contribution in [0, 0.1) is 6.92 Å². The number of nitrogens with zero attached hydrogens (tertiary/aromatic N) is 3. The molecule has 0 atom stereocenters. The number of carbonyl (C=O) groups excluding carboxylic acids is 2. The number of ether oxygens (including phenoxy) is 1. The number of nitrogens with one attached hydrogen (secondary N) is 1. The van der Waals surface area contributed by atoms with Crippen LogP contribution in [0.2, 0.25) is 0 Å². The van der Waals surface area contributed by atoms with Crippen molar-refractivity contribution in [3.8, 4) is 5.75 Å². The Morgan fingerprint density at radius 2 is 2.17 bits per heavy atom. The molecule has 8 nitrogen and oxygen atoms in total. The molecule has 0 spiro atoms. The Kier molecular flexibility index (Phi) is 4.37. The molecule has 0 aliphatic carbocycles. The molecule has 126 valence electrons. The standard InChI is InChI=1S/C16H18N4O4/c1-11-9-14(18-24-11)17-15(21)10-19-7-8-20(16(19)22)12-5-3-4-6-13(12)23-2/h3-6,9H,7-8,10H2,1-2H3,(H,17,18,21). The summed E-state index contributed by atoms with van der Waals surface area (Å²) in [5.74, 6) is 1.24. The summed E-state index contributed by atoms with van der Waals surface area (Å²) in [6.07, 6.45) is 0. The summed E-state index contributed by atoms with van der Waals surface area (Å²) in [7, 11) is 1.56. The summed E-state index contributed by atoms with van der Waals surface area (Å²) in [6.45, 7) is 2.64. The van der Waals surface area contributed by atoms with E-state index in [0.717, 1.165) is 0 Å². The van der Waals surface area contributed by atoms with E-state index in [0.29, 0.717) is 36.1 Å². The van der Waals surface area contributed by atoms with E-state index in [9.17, 15) is 9.59 Å². The third kappa shape index (κ3) is 3.17. The second-order valence-corrected chi connectivity index (χ2v) is 5.40. The van der Waals surface area contributed by atoms with Gasteiger partial charge < -0.3 is 19.5 Å². The maximum absolute atomic E-state index is 12.5. The molecule has 1 aromatic heterocycles. The number of hydrogen-bond acceptors (Lipinski definition) is 5. The first-order valence-corrected chi connectivity index (χ1v) is 7.51. The van der Waals surface area contributed by atoms with Crippen LogP contribution in [0.4, 0.5) is 16.3 Å². The fourth-order valence-electron chi connectivity index (χ4n) is 2.59. The van der Waals surface area contributed by atoms with Crippen molar-refractivity contribution in [2.45, 2.75) is 6.92 Å². The molecule has 3 amide bonds. The van der Waals surface area contributed by atoms with E-state index in [4.69, 9.17) is 9.26 Å². The van der Waals surface area contributed by atoms with Crippen LogP contribution in [-0.2, 0) is 4.79 Å². The molecule has 24 heavy (non-hydrogen) atoms. The van der Waals surface area contributed by atoms with Crippen molar-refractivity contribution in [3.63, 3.8) is 0 Å². The highest BCUT2D eigenvalue weighted by molar-refractivity contribution is 5.99. The number of benzene rings is 1. The van der Waals surface area contributed by atoms with Crippen molar-refractivity contribution in [1.82, 2.24) is 10.1 Å². The van der Waals surface area contributed by atoms with E-state index in [1.807, 2.05) is 18.2 Å². The van der Waals surface area contributed by atoms with Gasteiger partial charge in [-0.2, -0.15) is 0 Å². The highest BCUT2D eigenvalue weighted by atomic mass is 16.5. The van der Waals surface area contributed by atoms with Crippen LogP contribution in [0.3, 0.4) is 0 Å². The summed E-state index contributed by atoms with van der Waals surface area (Å²) in [5.41, 5.74) is 0.694. The zero-order chi connectivity index (χ0) is 17.1. The zero-order valence-corrected chi connectivity index (χ0v) is 13.5. The van der Waals surface area contributed by atoms with Crippen LogP contribution in [-0.4, -0.2) is 48.7 Å². The number of hydrogen-bond donors (Lipinski definition) is 1. The van der Waals surface area contributed by atoms with Gasteiger partial charge in [-0.15, -0.1) is 0 Å². The molecule has 1 fully saturated rings. The second-order valence-electron chi connectivity index (χ2n) is 5.40. The minimum atomic E-state index is -0.321. The predicted octanol–water partition coefficient (Wildman–Crippen LogP) is 1.87. The molecule has 2 heterocycles. The number of rotatable bonds is 5. The Bertz CT molecular complexity index is 758. The lowest BCUT2D eigenvalue weighted by Crippen LogP contribution is -2.37. The first kappa shape index (κ1) is 15.9. The molecule has 1 saturated heterocycles. The Morgan fingerprint density at radius 1 is 1.38 bits per heavy atom. The van der Waals surface area contributed by atoms with E-state index >= 15 is 0 Å². The third-order valence-corrected chi connectivity index (χ3v) is 3.70. The van der Waals surface area contributed by atoms with Gasteiger partial charge in [-0.05, 0) is 19.1 Å². The quantitative estimate of drug-likeness (QED) is 0.904. The van der Waals surface area contributed by atoms with Gasteiger partial charge in [0.2, 0.25) is 5.91 Å². The van der Waals surface area contributed by atoms with Gasteiger partial charge in [0.15, 0.2) is 5.82 Å². The molecule has 1 aliphatic heterocycles. The molecule has 1 N–H and O–H groups in total. The summed E-state index contributed by atoms with van der Waals surface area (Å²) >= 11 is 0. The molecule has 0 bridgehead atoms. The molecule has 0 radical (unpaired) electrons. The fourth-order valence-corrected chi connectivity index (χ4v) is 2.59. The largest absolute Gasteiger partial charge is 0.495 e. The Morgan fingerprint density at radius 3 is 2.88 bits per heavy atom. The molecule has 0 saturated carbocycles. The minimum Gasteiger partial charge on any atom is -0.495 e. The highest BCUT2D eigenvalue weighted by Crippen LogP contribution is 2.30. The van der Waals surface area contributed by atoms with Gasteiger partial charge in [0.25, 0.3) is 0 Å². The maximum Gasteiger partial charge on any atom is 0.325 e. The number of anilines is 2. The monoisotopic (exact) mass is 330 g/mol. The first-order valence-electron chi connectivity index (χ1n) is 7.51. The molecule has 8 heteroatoms. The highest BCUT2D eigenvalue weighted by Gasteiger charge is 2.32. The predicted molar refractivity (Wildman–Crippen MR) is 87.2 cm³/mol. The number of aromatic nitrogens is 1. The van der Waals surface area contributed by atoms with Crippen molar-refractivity contribution in [1.29, 1.82) is 0 Å². The average Bonchev–Trinajstić information content (AvgIpc) is 3.14. The molecule has 1 aliphatic rings. The van der Waals surface area contributed by atoms with Gasteiger partial charge in [0, 0.05) is 19.2 Å². The lowest BCUT2D eigenvalue weighted by atomic mass is 10.2. The fraction of sp³-hybridized carbons (Fsp3) is 0.312. The SMILES string of the molecule is COc1ccccc1N1CCN(CC(=O)Nc2cc(C)on2)C1=O. The van der Waals surface area contributed by atoms with Gasteiger partial charge in [-0.25, -0.2) is 4.79 Å². The molecular weight excluding hydrogens is 312 g/mol. The van der Waals surface area contributed by atoms with Crippen molar-refractivity contribution in [2.24, 2.45) is 0 Å². The molecule has 2 aromatic rings. The molecule has 0 unspecified atom stereocenters. The van der Waals surface area contributed by atoms with Crippen LogP contribution in [0.15, 0.2) is 34.9 Å². The lowest BCUT2D eigenvalue weighted by molar-refractivity contribution is -0.116. The second kappa shape index (κ2) is 6.61. The molecular formula is C16H18N4O4. The number of urea groups is 1. The summed E-state index contributed by atoms with van der Waals surface area (Å²) in [6, 6.07) is 8.68. The van der Waals surface area contributed by atoms with Crippen LogP contribution in [0.1, 0.15) is 5.76 Å². The van der Waals surface area contributed by atoms with Crippen LogP contribution in [0.25, 0.3) is 0 Å². The van der Waals surface area contributed by atoms with Crippen LogP contribution < -0.4 is 15.0 Å². The summed E-state index contributed by atoms with van der Waals surface area (Å²) < 4.78 is 10.2. The van der Waals surface area contributed by atoms with E-state index in [1.54, 1.807) is 31.1 Å². The Balaban J connectivity index is 1.64. The Labute approximate surface area is 139 Å². The van der Waals surface area contributed by atoms with Crippen molar-refractivity contribution in [3.05, 3.63) is 36.1 Å². The normalized spacial score (nSPS) is 14.2. The van der Waals surface area contributed by atoms with Gasteiger partial charge in [-0.3, -0.25) is 9.69 Å². The lowest BCUT2D eigenvalue weighted by Gasteiger charge is -2.20. The molecule has 1 aromatic carbocycles. The van der Waals surface area contributed by atoms with E-state index < -0.39 is 0 Å². The third-order valence-electron chi connectivity index (χ3n) is 3.70. The number of carbonyl (C=O) groups is 2. The minimum absolute atomic E-state index is 0.0452. The van der Waals surface area contributed by atoms with Crippen molar-refractivity contribution in [2.75, 3.05) is 37.0 Å². The first-order chi connectivity index (χ1) is 11.6. The van der Waals surface area contributed by atoms with E-state index in [2.05, 4.69) is 10.5 Å². The number of amides is 3. The summed E-state index contributed by atoms with van der Waals surface area (Å²) in [5, 5.41) is 6.30. The number of para-hydroxylation sites is 2. The van der Waals surface area contributed by atoms with Crippen molar-refractivity contribution >= 4 is 23.4 Å². The number of aryl methyl sites for hydroxylation is 1. The smallest absolute Gasteiger partial charge is 0.325 e. The average molecular weight is 330 g/mol. The molecule has 3 rings (SSSR count).